The number of carbonyl (C=O) groups is 1. The number of hydrogen-bond acceptors (Lipinski definition) is 6. The maximum absolute atomic E-state index is 12.9. The predicted octanol–water partition coefficient (Wildman–Crippen LogP) is 1.48. The third-order valence-corrected chi connectivity index (χ3v) is 6.01. The third kappa shape index (κ3) is 3.84. The number of carbonyl (C=O) groups excluding carboxylic acids is 1. The molecule has 2 atom stereocenters. The van der Waals surface area contributed by atoms with E-state index in [4.69, 9.17) is 4.74 Å². The predicted molar refractivity (Wildman–Crippen MR) is 105 cm³/mol. The van der Waals surface area contributed by atoms with Crippen molar-refractivity contribution in [1.82, 2.24) is 19.1 Å². The van der Waals surface area contributed by atoms with Crippen molar-refractivity contribution in [2.45, 2.75) is 23.9 Å². The summed E-state index contributed by atoms with van der Waals surface area (Å²) in [5.41, 5.74) is 2.33. The number of fused-ring (bicyclic) bond motifs is 1. The molecule has 1 aliphatic heterocycles. The van der Waals surface area contributed by atoms with Crippen LogP contribution in [0, 0.1) is 0 Å². The van der Waals surface area contributed by atoms with Gasteiger partial charge in [0.15, 0.2) is 0 Å². The second-order valence-corrected chi connectivity index (χ2v) is 7.97. The molecule has 0 saturated heterocycles. The van der Waals surface area contributed by atoms with Gasteiger partial charge in [-0.3, -0.25) is 4.79 Å². The molecule has 0 spiro atoms. The summed E-state index contributed by atoms with van der Waals surface area (Å²) in [5.74, 6) is -0.310. The van der Waals surface area contributed by atoms with E-state index < -0.39 is 17.3 Å². The Hall–Kier alpha value is -2.88. The van der Waals surface area contributed by atoms with Crippen LogP contribution in [0.1, 0.15) is 22.7 Å². The monoisotopic (exact) mass is 412 g/mol. The lowest BCUT2D eigenvalue weighted by atomic mass is 9.98. The molecule has 3 aromatic rings. The van der Waals surface area contributed by atoms with E-state index in [-0.39, 0.29) is 12.5 Å². The molecule has 0 saturated carbocycles. The van der Waals surface area contributed by atoms with Crippen LogP contribution in [-0.4, -0.2) is 48.4 Å². The van der Waals surface area contributed by atoms with Gasteiger partial charge in [-0.15, -0.1) is 5.10 Å². The lowest BCUT2D eigenvalue weighted by Gasteiger charge is -2.22. The number of nitrogens with zero attached hydrogens (tertiary/aromatic N) is 4. The van der Waals surface area contributed by atoms with E-state index in [0.29, 0.717) is 29.6 Å². The standard InChI is InChI=1S/C20H20N4O4S/c1-28-19-8-7-16(9-21-19)29(27)24-11-15-10-23(12-18(15)22-24)20(26)17(13-25)14-5-3-2-4-6-14/h2-9,11,17,25H,10,12-13H2,1H3. The fourth-order valence-electron chi connectivity index (χ4n) is 3.30. The van der Waals surface area contributed by atoms with E-state index in [2.05, 4.69) is 10.1 Å². The number of aromatic nitrogens is 3. The molecule has 2 aromatic heterocycles. The van der Waals surface area contributed by atoms with Gasteiger partial charge in [0, 0.05) is 24.2 Å². The number of hydrogen-bond donors (Lipinski definition) is 1. The Balaban J connectivity index is 1.47. The van der Waals surface area contributed by atoms with Crippen LogP contribution in [0.25, 0.3) is 0 Å². The Morgan fingerprint density at radius 1 is 1.28 bits per heavy atom. The summed E-state index contributed by atoms with van der Waals surface area (Å²) in [6.07, 6.45) is 3.18. The number of ether oxygens (including phenoxy) is 1. The van der Waals surface area contributed by atoms with Crippen LogP contribution in [0.3, 0.4) is 0 Å². The zero-order valence-corrected chi connectivity index (χ0v) is 16.6. The molecular formula is C20H20N4O4S. The van der Waals surface area contributed by atoms with E-state index in [1.165, 1.54) is 17.4 Å². The molecule has 2 unspecified atom stereocenters. The van der Waals surface area contributed by atoms with Crippen LogP contribution in [0.4, 0.5) is 0 Å². The Morgan fingerprint density at radius 2 is 2.07 bits per heavy atom. The van der Waals surface area contributed by atoms with E-state index >= 15 is 0 Å². The van der Waals surface area contributed by atoms with Crippen molar-refractivity contribution in [1.29, 1.82) is 0 Å². The van der Waals surface area contributed by atoms with Crippen molar-refractivity contribution in [3.05, 3.63) is 71.7 Å². The highest BCUT2D eigenvalue weighted by molar-refractivity contribution is 7.89. The molecule has 0 radical (unpaired) electrons. The minimum atomic E-state index is -1.53. The van der Waals surface area contributed by atoms with E-state index in [1.54, 1.807) is 23.2 Å². The third-order valence-electron chi connectivity index (χ3n) is 4.84. The molecule has 150 valence electrons. The zero-order chi connectivity index (χ0) is 20.4. The largest absolute Gasteiger partial charge is 0.586 e. The summed E-state index contributed by atoms with van der Waals surface area (Å²) in [5, 5.41) is 14.1. The minimum absolute atomic E-state index is 0.149. The number of amides is 1. The summed E-state index contributed by atoms with van der Waals surface area (Å²) in [7, 11) is 1.52. The van der Waals surface area contributed by atoms with Gasteiger partial charge in [-0.25, -0.2) is 4.98 Å². The Kier molecular flexibility index (Phi) is 5.52. The Morgan fingerprint density at radius 3 is 2.69 bits per heavy atom. The maximum Gasteiger partial charge on any atom is 0.233 e. The molecule has 1 amide bonds. The van der Waals surface area contributed by atoms with E-state index in [0.717, 1.165) is 11.1 Å². The Bertz CT molecular complexity index is 970. The molecular weight excluding hydrogens is 392 g/mol. The van der Waals surface area contributed by atoms with Gasteiger partial charge in [-0.1, -0.05) is 34.4 Å². The lowest BCUT2D eigenvalue weighted by molar-refractivity contribution is -0.134. The van der Waals surface area contributed by atoms with Crippen LogP contribution < -0.4 is 4.74 Å². The van der Waals surface area contributed by atoms with Crippen molar-refractivity contribution in [3.63, 3.8) is 0 Å². The van der Waals surface area contributed by atoms with Crippen molar-refractivity contribution < 1.29 is 19.2 Å². The van der Waals surface area contributed by atoms with Crippen LogP contribution in [-0.2, 0) is 29.2 Å². The van der Waals surface area contributed by atoms with Gasteiger partial charge in [0.05, 0.1) is 44.3 Å². The molecule has 1 aliphatic rings. The van der Waals surface area contributed by atoms with Gasteiger partial charge >= 0.3 is 0 Å². The minimum Gasteiger partial charge on any atom is -0.586 e. The van der Waals surface area contributed by atoms with Gasteiger partial charge in [0.1, 0.15) is 11.4 Å². The second kappa shape index (κ2) is 8.24. The van der Waals surface area contributed by atoms with Crippen molar-refractivity contribution >= 4 is 17.3 Å². The second-order valence-electron chi connectivity index (χ2n) is 6.63. The normalized spacial score (nSPS) is 15.1. The summed E-state index contributed by atoms with van der Waals surface area (Å²) in [4.78, 5) is 19.1. The molecule has 0 bridgehead atoms. The summed E-state index contributed by atoms with van der Waals surface area (Å²) in [6.45, 7) is 0.434. The van der Waals surface area contributed by atoms with Crippen LogP contribution in [0.15, 0.2) is 59.8 Å². The van der Waals surface area contributed by atoms with Gasteiger partial charge in [0.25, 0.3) is 0 Å². The fourth-order valence-corrected chi connectivity index (χ4v) is 4.24. The van der Waals surface area contributed by atoms with Gasteiger partial charge < -0.3 is 19.3 Å². The topological polar surface area (TPSA) is 104 Å². The summed E-state index contributed by atoms with van der Waals surface area (Å²) < 4.78 is 19.1. The molecule has 8 nitrogen and oxygen atoms in total. The summed E-state index contributed by atoms with van der Waals surface area (Å²) >= 11 is -1.53. The molecule has 1 N–H and O–H groups in total. The van der Waals surface area contributed by atoms with Crippen molar-refractivity contribution in [2.24, 2.45) is 0 Å². The van der Waals surface area contributed by atoms with Crippen molar-refractivity contribution in [2.75, 3.05) is 13.7 Å². The fraction of sp³-hybridized carbons (Fsp3) is 0.250. The maximum atomic E-state index is 12.9. The molecule has 4 rings (SSSR count). The average Bonchev–Trinajstić information content (AvgIpc) is 3.34. The Labute approximate surface area is 171 Å². The highest BCUT2D eigenvalue weighted by Gasteiger charge is 2.33. The molecule has 9 heteroatoms. The first-order valence-corrected chi connectivity index (χ1v) is 10.2. The van der Waals surface area contributed by atoms with E-state index in [9.17, 15) is 14.5 Å². The van der Waals surface area contributed by atoms with Gasteiger partial charge in [-0.2, -0.15) is 0 Å². The zero-order valence-electron chi connectivity index (χ0n) is 15.8. The van der Waals surface area contributed by atoms with Crippen molar-refractivity contribution in [3.8, 4) is 5.88 Å². The number of aliphatic hydroxyl groups is 1. The number of benzene rings is 1. The number of methoxy groups -OCH3 is 1. The lowest BCUT2D eigenvalue weighted by Crippen LogP contribution is -2.33. The van der Waals surface area contributed by atoms with Gasteiger partial charge in [-0.05, 0) is 5.56 Å². The first-order valence-electron chi connectivity index (χ1n) is 9.05. The molecule has 0 fully saturated rings. The number of pyridine rings is 1. The number of aliphatic hydroxyl groups excluding tert-OH is 1. The first-order chi connectivity index (χ1) is 14.1. The summed E-state index contributed by atoms with van der Waals surface area (Å²) in [6, 6.07) is 12.5. The average molecular weight is 412 g/mol. The van der Waals surface area contributed by atoms with Gasteiger partial charge in [0.2, 0.25) is 16.7 Å². The quantitative estimate of drug-likeness (QED) is 0.615. The molecule has 0 aliphatic carbocycles. The molecule has 29 heavy (non-hydrogen) atoms. The highest BCUT2D eigenvalue weighted by Crippen LogP contribution is 2.27. The van der Waals surface area contributed by atoms with Crippen LogP contribution in [0.5, 0.6) is 5.88 Å². The van der Waals surface area contributed by atoms with E-state index in [1.807, 2.05) is 30.3 Å². The van der Waals surface area contributed by atoms with Crippen LogP contribution in [0.2, 0.25) is 0 Å². The smallest absolute Gasteiger partial charge is 0.233 e. The SMILES string of the molecule is COc1ccc([S+]([O-])n2cc3c(n2)CN(C(=O)C(CO)c2ccccc2)C3)cn1. The first kappa shape index (κ1) is 19.4. The molecule has 1 aromatic carbocycles. The molecule has 3 heterocycles. The number of rotatable bonds is 6. The highest BCUT2D eigenvalue weighted by atomic mass is 32.2. The van der Waals surface area contributed by atoms with Crippen LogP contribution >= 0.6 is 0 Å².